The van der Waals surface area contributed by atoms with Gasteiger partial charge in [0.05, 0.1) is 20.3 Å². The van der Waals surface area contributed by atoms with E-state index in [9.17, 15) is 9.59 Å². The number of carbonyl (C=O) groups excluding carboxylic acids is 2. The fourth-order valence-corrected chi connectivity index (χ4v) is 3.40. The van der Waals surface area contributed by atoms with Gasteiger partial charge in [0.25, 0.3) is 11.8 Å². The first-order valence-electron chi connectivity index (χ1n) is 10.7. The molecule has 0 atom stereocenters. The molecule has 0 unspecified atom stereocenters. The minimum Gasteiger partial charge on any atom is -0.493 e. The van der Waals surface area contributed by atoms with Gasteiger partial charge in [0.2, 0.25) is 0 Å². The molecule has 2 N–H and O–H groups in total. The highest BCUT2D eigenvalue weighted by molar-refractivity contribution is 6.04. The molecule has 1 saturated heterocycles. The first-order chi connectivity index (χ1) is 15.4. The Hall–Kier alpha value is -3.10. The van der Waals surface area contributed by atoms with Crippen LogP contribution in [0.4, 0.5) is 5.69 Å². The predicted octanol–water partition coefficient (Wildman–Crippen LogP) is 2.68. The van der Waals surface area contributed by atoms with E-state index >= 15 is 0 Å². The predicted molar refractivity (Wildman–Crippen MR) is 122 cm³/mol. The molecule has 0 bridgehead atoms. The number of rotatable bonds is 9. The molecule has 0 radical (unpaired) electrons. The average molecular weight is 442 g/mol. The molecule has 0 spiro atoms. The third-order valence-electron chi connectivity index (χ3n) is 4.93. The Morgan fingerprint density at radius 3 is 2.59 bits per heavy atom. The molecular weight excluding hydrogens is 410 g/mol. The lowest BCUT2D eigenvalue weighted by Gasteiger charge is -2.26. The number of benzene rings is 2. The number of carbonyl (C=O) groups is 2. The maximum atomic E-state index is 12.8. The number of morpholine rings is 1. The molecule has 32 heavy (non-hydrogen) atoms. The summed E-state index contributed by atoms with van der Waals surface area (Å²) in [4.78, 5) is 26.9. The first-order valence-corrected chi connectivity index (χ1v) is 10.7. The van der Waals surface area contributed by atoms with E-state index in [1.54, 1.807) is 18.2 Å². The van der Waals surface area contributed by atoms with Crippen LogP contribution < -0.4 is 20.1 Å². The highest BCUT2D eigenvalue weighted by Crippen LogP contribution is 2.28. The van der Waals surface area contributed by atoms with Crippen LogP contribution in [0.3, 0.4) is 0 Å². The van der Waals surface area contributed by atoms with Crippen LogP contribution in [0.2, 0.25) is 0 Å². The van der Waals surface area contributed by atoms with Gasteiger partial charge in [-0.2, -0.15) is 0 Å². The minimum atomic E-state index is -0.254. The van der Waals surface area contributed by atoms with Gasteiger partial charge in [-0.1, -0.05) is 12.1 Å². The molecular formula is C24H31N3O5. The maximum absolute atomic E-state index is 12.8. The molecule has 1 aliphatic heterocycles. The number of amides is 2. The zero-order chi connectivity index (χ0) is 22.9. The van der Waals surface area contributed by atoms with E-state index in [1.807, 2.05) is 32.0 Å². The molecule has 172 valence electrons. The quantitative estimate of drug-likeness (QED) is 0.622. The summed E-state index contributed by atoms with van der Waals surface area (Å²) in [6, 6.07) is 12.7. The van der Waals surface area contributed by atoms with Crippen LogP contribution in [0, 0.1) is 0 Å². The van der Waals surface area contributed by atoms with Crippen molar-refractivity contribution in [2.24, 2.45) is 0 Å². The molecule has 2 aromatic rings. The van der Waals surface area contributed by atoms with Crippen LogP contribution in [0.5, 0.6) is 11.5 Å². The maximum Gasteiger partial charge on any atom is 0.258 e. The van der Waals surface area contributed by atoms with Crippen LogP contribution >= 0.6 is 0 Å². The molecule has 8 nitrogen and oxygen atoms in total. The van der Waals surface area contributed by atoms with E-state index in [0.717, 1.165) is 44.1 Å². The lowest BCUT2D eigenvalue weighted by atomic mass is 10.1. The van der Waals surface area contributed by atoms with Crippen molar-refractivity contribution < 1.29 is 23.8 Å². The summed E-state index contributed by atoms with van der Waals surface area (Å²) in [5.74, 6) is 0.309. The topological polar surface area (TPSA) is 89.1 Å². The summed E-state index contributed by atoms with van der Waals surface area (Å²) < 4.78 is 16.3. The molecule has 1 heterocycles. The fraction of sp³-hybridized carbons (Fsp3) is 0.417. The van der Waals surface area contributed by atoms with Crippen molar-refractivity contribution in [2.45, 2.75) is 26.4 Å². The van der Waals surface area contributed by atoms with E-state index < -0.39 is 0 Å². The normalized spacial score (nSPS) is 14.1. The van der Waals surface area contributed by atoms with E-state index in [1.165, 1.54) is 7.11 Å². The van der Waals surface area contributed by atoms with Gasteiger partial charge in [-0.25, -0.2) is 0 Å². The number of methoxy groups -OCH3 is 1. The molecule has 2 aromatic carbocycles. The Balaban J connectivity index is 1.62. The van der Waals surface area contributed by atoms with Crippen molar-refractivity contribution in [1.82, 2.24) is 10.2 Å². The number of nitrogens with zero attached hydrogens (tertiary/aromatic N) is 1. The van der Waals surface area contributed by atoms with Crippen LogP contribution in [0.15, 0.2) is 42.5 Å². The lowest BCUT2D eigenvalue weighted by molar-refractivity contribution is -0.123. The summed E-state index contributed by atoms with van der Waals surface area (Å²) in [6.07, 6.45) is 0. The summed E-state index contributed by atoms with van der Waals surface area (Å²) in [6.45, 7) is 7.76. The number of nitrogens with one attached hydrogen (secondary N) is 2. The largest absolute Gasteiger partial charge is 0.493 e. The zero-order valence-corrected chi connectivity index (χ0v) is 18.8. The highest BCUT2D eigenvalue weighted by atomic mass is 16.5. The van der Waals surface area contributed by atoms with Gasteiger partial charge in [-0.3, -0.25) is 14.5 Å². The summed E-state index contributed by atoms with van der Waals surface area (Å²) in [7, 11) is 1.49. The fourth-order valence-electron chi connectivity index (χ4n) is 3.40. The molecule has 1 aliphatic rings. The van der Waals surface area contributed by atoms with Gasteiger partial charge in [0.15, 0.2) is 18.1 Å². The highest BCUT2D eigenvalue weighted by Gasteiger charge is 2.14. The Labute approximate surface area is 188 Å². The SMILES string of the molecule is COc1cc(C(=O)Nc2cccc(CN3CCOCC3)c2)ccc1OCC(=O)NC(C)C. The van der Waals surface area contributed by atoms with Gasteiger partial charge < -0.3 is 24.8 Å². The minimum absolute atomic E-state index is 0.0337. The van der Waals surface area contributed by atoms with Crippen LogP contribution in [0.1, 0.15) is 29.8 Å². The van der Waals surface area contributed by atoms with Crippen molar-refractivity contribution in [3.63, 3.8) is 0 Å². The lowest BCUT2D eigenvalue weighted by Crippen LogP contribution is -2.35. The molecule has 3 rings (SSSR count). The molecule has 0 aliphatic carbocycles. The van der Waals surface area contributed by atoms with E-state index in [4.69, 9.17) is 14.2 Å². The molecule has 0 aromatic heterocycles. The van der Waals surface area contributed by atoms with Crippen molar-refractivity contribution in [2.75, 3.05) is 45.3 Å². The number of hydrogen-bond donors (Lipinski definition) is 2. The number of hydrogen-bond acceptors (Lipinski definition) is 6. The van der Waals surface area contributed by atoms with Crippen LogP contribution in [-0.4, -0.2) is 62.8 Å². The monoisotopic (exact) mass is 441 g/mol. The Morgan fingerprint density at radius 1 is 1.09 bits per heavy atom. The second kappa shape index (κ2) is 11.5. The molecule has 2 amide bonds. The third-order valence-corrected chi connectivity index (χ3v) is 4.93. The second-order valence-electron chi connectivity index (χ2n) is 7.92. The Morgan fingerprint density at radius 2 is 1.88 bits per heavy atom. The van der Waals surface area contributed by atoms with Crippen molar-refractivity contribution in [3.05, 3.63) is 53.6 Å². The van der Waals surface area contributed by atoms with Crippen molar-refractivity contribution in [3.8, 4) is 11.5 Å². The van der Waals surface area contributed by atoms with Crippen LogP contribution in [0.25, 0.3) is 0 Å². The number of anilines is 1. The van der Waals surface area contributed by atoms with E-state index in [2.05, 4.69) is 21.6 Å². The zero-order valence-electron chi connectivity index (χ0n) is 18.8. The Bertz CT molecular complexity index is 926. The summed E-state index contributed by atoms with van der Waals surface area (Å²) in [5.41, 5.74) is 2.29. The second-order valence-corrected chi connectivity index (χ2v) is 7.92. The first kappa shape index (κ1) is 23.6. The Kier molecular flexibility index (Phi) is 8.47. The summed E-state index contributed by atoms with van der Waals surface area (Å²) >= 11 is 0. The van der Waals surface area contributed by atoms with Crippen molar-refractivity contribution in [1.29, 1.82) is 0 Å². The standard InChI is InChI=1S/C24H31N3O5/c1-17(2)25-23(28)16-32-21-8-7-19(14-22(21)30-3)24(29)26-20-6-4-5-18(13-20)15-27-9-11-31-12-10-27/h4-8,13-14,17H,9-12,15-16H2,1-3H3,(H,25,28)(H,26,29). The molecule has 1 fully saturated rings. The van der Waals surface area contributed by atoms with Gasteiger partial charge in [0, 0.05) is 36.9 Å². The van der Waals surface area contributed by atoms with Gasteiger partial charge in [-0.15, -0.1) is 0 Å². The number of ether oxygens (including phenoxy) is 3. The van der Waals surface area contributed by atoms with Crippen LogP contribution in [-0.2, 0) is 16.1 Å². The van der Waals surface area contributed by atoms with E-state index in [-0.39, 0.29) is 24.5 Å². The van der Waals surface area contributed by atoms with Gasteiger partial charge in [0.1, 0.15) is 0 Å². The average Bonchev–Trinajstić information content (AvgIpc) is 2.78. The van der Waals surface area contributed by atoms with Gasteiger partial charge in [-0.05, 0) is 49.7 Å². The van der Waals surface area contributed by atoms with Gasteiger partial charge >= 0.3 is 0 Å². The molecule has 8 heteroatoms. The van der Waals surface area contributed by atoms with Crippen molar-refractivity contribution >= 4 is 17.5 Å². The van der Waals surface area contributed by atoms with E-state index in [0.29, 0.717) is 17.1 Å². The summed E-state index contributed by atoms with van der Waals surface area (Å²) in [5, 5.41) is 5.70. The smallest absolute Gasteiger partial charge is 0.258 e. The third kappa shape index (κ3) is 6.96. The molecule has 0 saturated carbocycles.